The minimum Gasteiger partial charge on any atom is -0.481 e. The van der Waals surface area contributed by atoms with E-state index in [-0.39, 0.29) is 18.9 Å². The van der Waals surface area contributed by atoms with Crippen molar-refractivity contribution in [1.29, 1.82) is 0 Å². The van der Waals surface area contributed by atoms with Crippen molar-refractivity contribution in [2.24, 2.45) is 5.11 Å². The van der Waals surface area contributed by atoms with Crippen LogP contribution < -0.4 is 5.32 Å². The van der Waals surface area contributed by atoms with Crippen molar-refractivity contribution in [3.63, 3.8) is 0 Å². The quantitative estimate of drug-likeness (QED) is 0.0867. The minimum atomic E-state index is -1.11. The predicted octanol–water partition coefficient (Wildman–Crippen LogP) is 5.58. The number of carbonyl (C=O) groups excluding carboxylic acids is 1. The molecule has 0 fully saturated rings. The first-order valence-corrected chi connectivity index (χ1v) is 11.7. The Morgan fingerprint density at radius 1 is 0.742 bits per heavy atom. The topological polar surface area (TPSA) is 152 Å². The summed E-state index contributed by atoms with van der Waals surface area (Å²) < 4.78 is 0. The maximum Gasteiger partial charge on any atom is 0.326 e. The third-order valence-electron chi connectivity index (χ3n) is 5.26. The fourth-order valence-electron chi connectivity index (χ4n) is 3.44. The maximum absolute atomic E-state index is 11.9. The molecule has 0 aromatic carbocycles. The molecule has 1 atom stereocenters. The molecule has 31 heavy (non-hydrogen) atoms. The molecule has 9 nitrogen and oxygen atoms in total. The zero-order valence-corrected chi connectivity index (χ0v) is 18.8. The number of carbonyl (C=O) groups is 3. The molecule has 9 heteroatoms. The Morgan fingerprint density at radius 2 is 1.16 bits per heavy atom. The summed E-state index contributed by atoms with van der Waals surface area (Å²) >= 11 is 0. The molecular weight excluding hydrogens is 400 g/mol. The van der Waals surface area contributed by atoms with Gasteiger partial charge in [-0.1, -0.05) is 82.2 Å². The lowest BCUT2D eigenvalue weighted by molar-refractivity contribution is -0.142. The summed E-state index contributed by atoms with van der Waals surface area (Å²) in [6.45, 7) is 0.0440. The fourth-order valence-corrected chi connectivity index (χ4v) is 3.44. The molecule has 0 bridgehead atoms. The molecule has 1 amide bonds. The lowest BCUT2D eigenvalue weighted by Gasteiger charge is -2.13. The van der Waals surface area contributed by atoms with E-state index in [0.29, 0.717) is 12.8 Å². The summed E-state index contributed by atoms with van der Waals surface area (Å²) in [4.78, 5) is 35.9. The minimum absolute atomic E-state index is 0.0440. The van der Waals surface area contributed by atoms with Crippen LogP contribution in [0.25, 0.3) is 10.4 Å². The molecule has 0 saturated heterocycles. The van der Waals surface area contributed by atoms with Crippen LogP contribution in [0.2, 0.25) is 0 Å². The summed E-state index contributed by atoms with van der Waals surface area (Å²) in [6, 6.07) is -1.00. The number of rotatable bonds is 22. The lowest BCUT2D eigenvalue weighted by atomic mass is 10.0. The van der Waals surface area contributed by atoms with Gasteiger partial charge in [-0.3, -0.25) is 9.59 Å². The highest BCUT2D eigenvalue weighted by molar-refractivity contribution is 5.83. The van der Waals surface area contributed by atoms with Crippen molar-refractivity contribution in [2.45, 2.75) is 115 Å². The van der Waals surface area contributed by atoms with Crippen molar-refractivity contribution in [3.8, 4) is 0 Å². The molecule has 0 aliphatic carbocycles. The molecule has 0 aliphatic rings. The van der Waals surface area contributed by atoms with Gasteiger partial charge in [0.15, 0.2) is 0 Å². The standard InChI is InChI=1S/C22H40N4O5/c23-26-24-18-17-19(22(30)31)25-20(27)15-13-11-9-7-5-3-1-2-4-6-8-10-12-14-16-21(28)29/h19H,1-18H2,(H,25,27)(H,28,29)(H,30,31)/t19-/m0/s1. The molecule has 178 valence electrons. The fraction of sp³-hybridized carbons (Fsp3) is 0.864. The Hall–Kier alpha value is -2.28. The second kappa shape index (κ2) is 21.0. The van der Waals surface area contributed by atoms with Gasteiger partial charge in [0.2, 0.25) is 5.91 Å². The maximum atomic E-state index is 11.9. The van der Waals surface area contributed by atoms with Gasteiger partial charge in [-0.15, -0.1) is 0 Å². The van der Waals surface area contributed by atoms with Gasteiger partial charge >= 0.3 is 11.9 Å². The highest BCUT2D eigenvalue weighted by atomic mass is 16.4. The summed E-state index contributed by atoms with van der Waals surface area (Å²) in [5, 5.41) is 23.4. The van der Waals surface area contributed by atoms with Crippen LogP contribution in [0.4, 0.5) is 0 Å². The van der Waals surface area contributed by atoms with Gasteiger partial charge in [0.25, 0.3) is 0 Å². The van der Waals surface area contributed by atoms with Gasteiger partial charge in [0.1, 0.15) is 6.04 Å². The Bertz CT molecular complexity index is 550. The smallest absolute Gasteiger partial charge is 0.326 e. The summed E-state index contributed by atoms with van der Waals surface area (Å²) in [5.41, 5.74) is 8.22. The normalized spacial score (nSPS) is 11.5. The Balaban J connectivity index is 3.43. The van der Waals surface area contributed by atoms with E-state index in [1.165, 1.54) is 44.9 Å². The van der Waals surface area contributed by atoms with Crippen molar-refractivity contribution >= 4 is 17.8 Å². The zero-order chi connectivity index (χ0) is 23.2. The monoisotopic (exact) mass is 440 g/mol. The first-order valence-electron chi connectivity index (χ1n) is 11.7. The second-order valence-electron chi connectivity index (χ2n) is 8.04. The zero-order valence-electron chi connectivity index (χ0n) is 18.8. The number of carboxylic acids is 2. The number of hydrogen-bond donors (Lipinski definition) is 3. The molecule has 0 aliphatic heterocycles. The molecule has 0 aromatic rings. The van der Waals surface area contributed by atoms with Gasteiger partial charge in [0, 0.05) is 24.3 Å². The van der Waals surface area contributed by atoms with Crippen LogP contribution in [0, 0.1) is 0 Å². The van der Waals surface area contributed by atoms with Gasteiger partial charge in [-0.05, 0) is 24.8 Å². The van der Waals surface area contributed by atoms with Crippen LogP contribution in [0.1, 0.15) is 109 Å². The summed E-state index contributed by atoms with van der Waals surface area (Å²) in [7, 11) is 0. The average Bonchev–Trinajstić information content (AvgIpc) is 2.72. The Kier molecular flexibility index (Phi) is 19.4. The van der Waals surface area contributed by atoms with Gasteiger partial charge in [-0.25, -0.2) is 4.79 Å². The van der Waals surface area contributed by atoms with Crippen molar-refractivity contribution in [1.82, 2.24) is 5.32 Å². The van der Waals surface area contributed by atoms with E-state index in [0.717, 1.165) is 44.9 Å². The van der Waals surface area contributed by atoms with Gasteiger partial charge in [-0.2, -0.15) is 0 Å². The van der Waals surface area contributed by atoms with Crippen LogP contribution in [-0.2, 0) is 14.4 Å². The largest absolute Gasteiger partial charge is 0.481 e. The lowest BCUT2D eigenvalue weighted by Crippen LogP contribution is -2.41. The van der Waals surface area contributed by atoms with Crippen LogP contribution in [0.3, 0.4) is 0 Å². The van der Waals surface area contributed by atoms with Gasteiger partial charge in [0.05, 0.1) is 0 Å². The molecular formula is C22H40N4O5. The number of nitrogens with one attached hydrogen (secondary N) is 1. The van der Waals surface area contributed by atoms with E-state index in [1.54, 1.807) is 0 Å². The molecule has 0 radical (unpaired) electrons. The molecule has 3 N–H and O–H groups in total. The predicted molar refractivity (Wildman–Crippen MR) is 120 cm³/mol. The number of unbranched alkanes of at least 4 members (excludes halogenated alkanes) is 13. The Labute approximate surface area is 185 Å². The molecule has 0 spiro atoms. The number of aliphatic carboxylic acids is 2. The first kappa shape index (κ1) is 28.7. The SMILES string of the molecule is [N-]=[N+]=NCC[C@H](NC(=O)CCCCCCCCCCCCCCCCC(=O)O)C(=O)O. The number of hydrogen-bond acceptors (Lipinski definition) is 4. The highest BCUT2D eigenvalue weighted by Crippen LogP contribution is 2.13. The van der Waals surface area contributed by atoms with E-state index >= 15 is 0 Å². The second-order valence-corrected chi connectivity index (χ2v) is 8.04. The van der Waals surface area contributed by atoms with E-state index in [2.05, 4.69) is 15.3 Å². The molecule has 0 heterocycles. The van der Waals surface area contributed by atoms with Crippen molar-refractivity contribution in [3.05, 3.63) is 10.4 Å². The van der Waals surface area contributed by atoms with Crippen LogP contribution >= 0.6 is 0 Å². The first-order chi connectivity index (χ1) is 15.0. The summed E-state index contributed by atoms with van der Waals surface area (Å²) in [6.07, 6.45) is 16.3. The molecule has 0 rings (SSSR count). The average molecular weight is 441 g/mol. The van der Waals surface area contributed by atoms with Crippen molar-refractivity contribution in [2.75, 3.05) is 6.54 Å². The third kappa shape index (κ3) is 20.8. The van der Waals surface area contributed by atoms with Crippen LogP contribution in [0.5, 0.6) is 0 Å². The third-order valence-corrected chi connectivity index (χ3v) is 5.26. The number of amides is 1. The highest BCUT2D eigenvalue weighted by Gasteiger charge is 2.18. The van der Waals surface area contributed by atoms with Gasteiger partial charge < -0.3 is 15.5 Å². The van der Waals surface area contributed by atoms with E-state index in [4.69, 9.17) is 15.7 Å². The van der Waals surface area contributed by atoms with E-state index in [1.807, 2.05) is 0 Å². The Morgan fingerprint density at radius 3 is 1.55 bits per heavy atom. The number of azide groups is 1. The molecule has 0 aromatic heterocycles. The number of carboxylic acid groups (broad SMARTS) is 2. The molecule has 0 saturated carbocycles. The van der Waals surface area contributed by atoms with E-state index in [9.17, 15) is 14.4 Å². The number of nitrogens with zero attached hydrogens (tertiary/aromatic N) is 3. The van der Waals surface area contributed by atoms with Crippen LogP contribution in [-0.4, -0.2) is 40.6 Å². The van der Waals surface area contributed by atoms with Crippen molar-refractivity contribution < 1.29 is 24.6 Å². The van der Waals surface area contributed by atoms with Crippen LogP contribution in [0.15, 0.2) is 5.11 Å². The summed E-state index contributed by atoms with van der Waals surface area (Å²) in [5.74, 6) is -2.08. The molecule has 0 unspecified atom stereocenters. The van der Waals surface area contributed by atoms with E-state index < -0.39 is 18.0 Å².